The lowest BCUT2D eigenvalue weighted by Crippen LogP contribution is -3.61. The Labute approximate surface area is 204 Å². The molecule has 3 aromatic carbocycles. The molecule has 0 atom stereocenters. The topological polar surface area (TPSA) is 57.2 Å². The molecule has 0 saturated carbocycles. The fraction of sp³-hybridized carbons (Fsp3) is 0.333. The molecule has 0 aromatic heterocycles. The first-order valence-corrected chi connectivity index (χ1v) is 14.1. The van der Waals surface area contributed by atoms with Crippen LogP contribution in [0.15, 0.2) is 77.7 Å². The first-order valence-electron chi connectivity index (χ1n) is 10.6. The van der Waals surface area contributed by atoms with Gasteiger partial charge in [0, 0.05) is 0 Å². The summed E-state index contributed by atoms with van der Waals surface area (Å²) in [7, 11) is -4.28. The van der Waals surface area contributed by atoms with E-state index in [0.29, 0.717) is 5.56 Å². The SMILES string of the molecule is CC(C)(C)c1ccc([I+]c2ccc(C(C)(C)C)cc2)cc1.Cc1ccccc1S(=O)(=O)[O-]. The van der Waals surface area contributed by atoms with Crippen molar-refractivity contribution in [2.75, 3.05) is 0 Å². The van der Waals surface area contributed by atoms with E-state index in [1.807, 2.05) is 0 Å². The highest BCUT2D eigenvalue weighted by Crippen LogP contribution is 2.22. The fourth-order valence-corrected chi connectivity index (χ4v) is 5.85. The Morgan fingerprint density at radius 2 is 1.03 bits per heavy atom. The van der Waals surface area contributed by atoms with Crippen LogP contribution in [0.2, 0.25) is 0 Å². The molecule has 5 heteroatoms. The third kappa shape index (κ3) is 8.01. The minimum absolute atomic E-state index is 0.0703. The van der Waals surface area contributed by atoms with Gasteiger partial charge in [-0.15, -0.1) is 0 Å². The van der Waals surface area contributed by atoms with Crippen LogP contribution >= 0.6 is 0 Å². The summed E-state index contributed by atoms with van der Waals surface area (Å²) in [6, 6.07) is 24.5. The van der Waals surface area contributed by atoms with E-state index in [2.05, 4.69) is 90.1 Å². The summed E-state index contributed by atoms with van der Waals surface area (Å²) in [5, 5.41) is 0. The molecule has 0 radical (unpaired) electrons. The highest BCUT2D eigenvalue weighted by Gasteiger charge is 2.20. The quantitative estimate of drug-likeness (QED) is 0.363. The zero-order valence-electron chi connectivity index (χ0n) is 19.9. The molecule has 3 nitrogen and oxygen atoms in total. The molecule has 3 aromatic rings. The maximum absolute atomic E-state index is 10.5. The second kappa shape index (κ2) is 10.5. The Bertz CT molecular complexity index is 1060. The van der Waals surface area contributed by atoms with Gasteiger partial charge in [0.15, 0.2) is 7.14 Å². The van der Waals surface area contributed by atoms with Crippen molar-refractivity contribution in [2.24, 2.45) is 0 Å². The lowest BCUT2D eigenvalue weighted by atomic mass is 9.87. The third-order valence-corrected chi connectivity index (χ3v) is 8.68. The molecule has 0 saturated heterocycles. The lowest BCUT2D eigenvalue weighted by Gasteiger charge is -2.18. The number of benzene rings is 3. The van der Waals surface area contributed by atoms with Gasteiger partial charge in [0.05, 0.1) is 4.90 Å². The summed E-state index contributed by atoms with van der Waals surface area (Å²) in [4.78, 5) is -0.139. The van der Waals surface area contributed by atoms with Crippen LogP contribution in [0.4, 0.5) is 0 Å². The molecule has 0 unspecified atom stereocenters. The normalized spacial score (nSPS) is 12.1. The first kappa shape index (κ1) is 26.6. The second-order valence-corrected chi connectivity index (χ2v) is 14.2. The Morgan fingerprint density at radius 3 is 1.31 bits per heavy atom. The van der Waals surface area contributed by atoms with Gasteiger partial charge in [-0.3, -0.25) is 0 Å². The predicted octanol–water partition coefficient (Wildman–Crippen LogP) is 3.31. The molecule has 172 valence electrons. The van der Waals surface area contributed by atoms with E-state index >= 15 is 0 Å². The fourth-order valence-electron chi connectivity index (χ4n) is 2.99. The lowest BCUT2D eigenvalue weighted by molar-refractivity contribution is -0.597. The summed E-state index contributed by atoms with van der Waals surface area (Å²) in [5.41, 5.74) is 3.80. The summed E-state index contributed by atoms with van der Waals surface area (Å²) in [6.07, 6.45) is 0. The van der Waals surface area contributed by atoms with E-state index in [1.165, 1.54) is 30.4 Å². The summed E-state index contributed by atoms with van der Waals surface area (Å²) in [5.74, 6) is 0. The van der Waals surface area contributed by atoms with Gasteiger partial charge < -0.3 is 4.55 Å². The average Bonchev–Trinajstić information content (AvgIpc) is 2.67. The maximum atomic E-state index is 10.5. The van der Waals surface area contributed by atoms with Gasteiger partial charge in [0.1, 0.15) is 10.1 Å². The molecule has 0 N–H and O–H groups in total. The standard InChI is InChI=1S/C20H26I.C7H8O3S/c1-19(2,3)15-7-11-17(12-8-15)21-18-13-9-16(10-14-18)20(4,5)6;1-6-4-2-3-5-7(6)11(8,9)10/h7-14H,1-6H3;2-5H,1H3,(H,8,9,10)/q+1;/p-1. The highest BCUT2D eigenvalue weighted by atomic mass is 127. The van der Waals surface area contributed by atoms with Crippen LogP contribution in [0.5, 0.6) is 0 Å². The van der Waals surface area contributed by atoms with E-state index in [-0.39, 0.29) is 36.9 Å². The van der Waals surface area contributed by atoms with Crippen LogP contribution in [0.25, 0.3) is 0 Å². The molecule has 0 heterocycles. The smallest absolute Gasteiger partial charge is 0.357 e. The van der Waals surface area contributed by atoms with Gasteiger partial charge in [-0.05, 0) is 64.8 Å². The molecule has 0 bridgehead atoms. The minimum atomic E-state index is -4.28. The van der Waals surface area contributed by atoms with Crippen molar-refractivity contribution in [2.45, 2.75) is 64.2 Å². The van der Waals surface area contributed by atoms with Crippen molar-refractivity contribution in [1.82, 2.24) is 0 Å². The minimum Gasteiger partial charge on any atom is -0.744 e. The maximum Gasteiger partial charge on any atom is 0.357 e. The van der Waals surface area contributed by atoms with Crippen LogP contribution < -0.4 is 21.2 Å². The summed E-state index contributed by atoms with van der Waals surface area (Å²) in [6.45, 7) is 15.2. The van der Waals surface area contributed by atoms with Crippen molar-refractivity contribution < 1.29 is 34.2 Å². The van der Waals surface area contributed by atoms with Crippen molar-refractivity contribution in [3.05, 3.63) is 96.6 Å². The van der Waals surface area contributed by atoms with E-state index in [4.69, 9.17) is 0 Å². The molecule has 32 heavy (non-hydrogen) atoms. The van der Waals surface area contributed by atoms with E-state index < -0.39 is 10.1 Å². The van der Waals surface area contributed by atoms with Gasteiger partial charge in [0.2, 0.25) is 0 Å². The van der Waals surface area contributed by atoms with Gasteiger partial charge in [-0.2, -0.15) is 0 Å². The Morgan fingerprint density at radius 1 is 0.656 bits per heavy atom. The Hall–Kier alpha value is -1.70. The van der Waals surface area contributed by atoms with Crippen molar-refractivity contribution >= 4 is 10.1 Å². The number of halogens is 1. The van der Waals surface area contributed by atoms with Crippen LogP contribution in [0.3, 0.4) is 0 Å². The zero-order valence-corrected chi connectivity index (χ0v) is 22.9. The van der Waals surface area contributed by atoms with Crippen LogP contribution in [0, 0.1) is 14.1 Å². The van der Waals surface area contributed by atoms with Crippen LogP contribution in [-0.4, -0.2) is 13.0 Å². The van der Waals surface area contributed by atoms with Gasteiger partial charge in [0.25, 0.3) is 0 Å². The molecule has 0 aliphatic heterocycles. The molecule has 0 aliphatic carbocycles. The average molecular weight is 565 g/mol. The van der Waals surface area contributed by atoms with Crippen molar-refractivity contribution in [1.29, 1.82) is 0 Å². The Kier molecular flexibility index (Phi) is 8.70. The number of hydrogen-bond donors (Lipinski definition) is 0. The second-order valence-electron chi connectivity index (χ2n) is 9.83. The summed E-state index contributed by atoms with van der Waals surface area (Å²) < 4.78 is 34.5. The summed E-state index contributed by atoms with van der Waals surface area (Å²) >= 11 is -0.0703. The highest BCUT2D eigenvalue weighted by molar-refractivity contribution is 7.85. The van der Waals surface area contributed by atoms with Gasteiger partial charge in [-0.25, -0.2) is 8.42 Å². The van der Waals surface area contributed by atoms with E-state index in [9.17, 15) is 13.0 Å². The molecule has 0 amide bonds. The molecular weight excluding hydrogens is 531 g/mol. The number of rotatable bonds is 3. The van der Waals surface area contributed by atoms with Gasteiger partial charge in [-0.1, -0.05) is 84.0 Å². The van der Waals surface area contributed by atoms with E-state index in [1.54, 1.807) is 19.1 Å². The van der Waals surface area contributed by atoms with E-state index in [0.717, 1.165) is 0 Å². The van der Waals surface area contributed by atoms with Crippen LogP contribution in [0.1, 0.15) is 58.2 Å². The molecular formula is C27H33IO3S. The van der Waals surface area contributed by atoms with Crippen molar-refractivity contribution in [3.8, 4) is 0 Å². The van der Waals surface area contributed by atoms with Crippen LogP contribution in [-0.2, 0) is 20.9 Å². The van der Waals surface area contributed by atoms with Gasteiger partial charge >= 0.3 is 21.2 Å². The Balaban J connectivity index is 0.000000278. The molecule has 0 fully saturated rings. The monoisotopic (exact) mass is 564 g/mol. The number of aryl methyl sites for hydroxylation is 1. The predicted molar refractivity (Wildman–Crippen MR) is 127 cm³/mol. The largest absolute Gasteiger partial charge is 0.744 e. The number of hydrogen-bond acceptors (Lipinski definition) is 3. The zero-order chi connectivity index (χ0) is 24.2. The van der Waals surface area contributed by atoms with Crippen molar-refractivity contribution in [3.63, 3.8) is 0 Å². The molecule has 3 rings (SSSR count). The molecule has 0 spiro atoms. The first-order chi connectivity index (χ1) is 14.7. The third-order valence-electron chi connectivity index (χ3n) is 5.00. The molecule has 0 aliphatic rings.